The average molecular weight is 272 g/mol. The molecular weight excluding hydrogens is 264 g/mol. The first-order chi connectivity index (χ1) is 9.22. The van der Waals surface area contributed by atoms with Crippen LogP contribution >= 0.6 is 11.8 Å². The van der Waals surface area contributed by atoms with Crippen molar-refractivity contribution < 1.29 is 9.59 Å². The minimum atomic E-state index is -0.352. The summed E-state index contributed by atoms with van der Waals surface area (Å²) in [6.45, 7) is 0. The number of benzene rings is 1. The molecule has 2 heterocycles. The van der Waals surface area contributed by atoms with Crippen LogP contribution in [0.1, 0.15) is 5.56 Å². The van der Waals surface area contributed by atoms with E-state index in [1.54, 1.807) is 17.1 Å². The van der Waals surface area contributed by atoms with E-state index >= 15 is 0 Å². The highest BCUT2D eigenvalue weighted by atomic mass is 32.2. The predicted octanol–water partition coefficient (Wildman–Crippen LogP) is 1.59. The maximum Gasteiger partial charge on any atom is 0.290 e. The van der Waals surface area contributed by atoms with Gasteiger partial charge in [-0.3, -0.25) is 14.9 Å². The third kappa shape index (κ3) is 2.41. The zero-order chi connectivity index (χ0) is 13.2. The fourth-order valence-electron chi connectivity index (χ4n) is 1.64. The number of nitrogens with zero attached hydrogens (tertiary/aromatic N) is 3. The van der Waals surface area contributed by atoms with Crippen molar-refractivity contribution in [3.8, 4) is 5.69 Å². The van der Waals surface area contributed by atoms with Crippen molar-refractivity contribution in [2.45, 2.75) is 0 Å². The number of carbonyl (C=O) groups is 2. The quantitative estimate of drug-likeness (QED) is 0.840. The minimum Gasteiger partial charge on any atom is -0.282 e. The van der Waals surface area contributed by atoms with Crippen LogP contribution in [0, 0.1) is 0 Å². The monoisotopic (exact) mass is 272 g/mol. The number of thioether (sulfide) groups is 1. The van der Waals surface area contributed by atoms with Crippen LogP contribution in [0.3, 0.4) is 0 Å². The number of carbonyl (C=O) groups excluding carboxylic acids is 2. The van der Waals surface area contributed by atoms with Gasteiger partial charge in [-0.2, -0.15) is 5.10 Å². The number of hydrogen-bond donors (Lipinski definition) is 1. The molecule has 1 aliphatic heterocycles. The molecule has 0 unspecified atom stereocenters. The van der Waals surface area contributed by atoms with Gasteiger partial charge in [-0.1, -0.05) is 12.1 Å². The molecule has 0 aliphatic carbocycles. The van der Waals surface area contributed by atoms with Gasteiger partial charge in [0.1, 0.15) is 12.7 Å². The van der Waals surface area contributed by atoms with Gasteiger partial charge in [0.05, 0.1) is 10.6 Å². The summed E-state index contributed by atoms with van der Waals surface area (Å²) in [5.74, 6) is -0.352. The second-order valence-corrected chi connectivity index (χ2v) is 4.80. The molecule has 2 aromatic rings. The van der Waals surface area contributed by atoms with Crippen LogP contribution < -0.4 is 5.32 Å². The van der Waals surface area contributed by atoms with Crippen molar-refractivity contribution in [2.24, 2.45) is 0 Å². The summed E-state index contributed by atoms with van der Waals surface area (Å²) in [4.78, 5) is 26.7. The van der Waals surface area contributed by atoms with Crippen LogP contribution in [0.15, 0.2) is 41.8 Å². The Morgan fingerprint density at radius 3 is 2.58 bits per heavy atom. The van der Waals surface area contributed by atoms with Gasteiger partial charge in [-0.15, -0.1) is 0 Å². The number of amides is 2. The Morgan fingerprint density at radius 2 is 2.00 bits per heavy atom. The number of nitrogens with one attached hydrogen (secondary N) is 1. The zero-order valence-electron chi connectivity index (χ0n) is 9.61. The fraction of sp³-hybridized carbons (Fsp3) is 0. The fourth-order valence-corrected chi connectivity index (χ4v) is 2.32. The molecule has 2 amide bonds. The molecule has 1 aliphatic rings. The largest absolute Gasteiger partial charge is 0.290 e. The molecule has 94 valence electrons. The molecule has 7 heteroatoms. The highest BCUT2D eigenvalue weighted by molar-refractivity contribution is 8.18. The summed E-state index contributed by atoms with van der Waals surface area (Å²) in [5, 5.41) is 5.90. The number of hydrogen-bond acceptors (Lipinski definition) is 5. The maximum atomic E-state index is 11.4. The highest BCUT2D eigenvalue weighted by Crippen LogP contribution is 2.25. The van der Waals surface area contributed by atoms with Crippen LogP contribution in [0.2, 0.25) is 0 Å². The van der Waals surface area contributed by atoms with E-state index in [1.807, 2.05) is 24.3 Å². The van der Waals surface area contributed by atoms with Crippen molar-refractivity contribution >= 4 is 29.0 Å². The summed E-state index contributed by atoms with van der Waals surface area (Å²) in [7, 11) is 0. The molecule has 0 saturated carbocycles. The van der Waals surface area contributed by atoms with Gasteiger partial charge < -0.3 is 0 Å². The first kappa shape index (κ1) is 11.7. The highest BCUT2D eigenvalue weighted by Gasteiger charge is 2.24. The van der Waals surface area contributed by atoms with E-state index < -0.39 is 0 Å². The van der Waals surface area contributed by atoms with Gasteiger partial charge >= 0.3 is 0 Å². The van der Waals surface area contributed by atoms with Gasteiger partial charge in [0.15, 0.2) is 0 Å². The summed E-state index contributed by atoms with van der Waals surface area (Å²) < 4.78 is 1.64. The Bertz CT molecular complexity index is 662. The molecule has 1 aromatic heterocycles. The van der Waals surface area contributed by atoms with Crippen molar-refractivity contribution in [3.05, 3.63) is 47.4 Å². The molecule has 6 nitrogen and oxygen atoms in total. The van der Waals surface area contributed by atoms with Crippen LogP contribution in [-0.2, 0) is 4.79 Å². The minimum absolute atomic E-state index is 0.338. The summed E-state index contributed by atoms with van der Waals surface area (Å²) in [6.07, 6.45) is 4.74. The SMILES string of the molecule is O=C1NC(=O)C(=Cc2ccc(-n3cncn3)cc2)S1. The molecule has 1 N–H and O–H groups in total. The standard InChI is InChI=1S/C12H8N4O2S/c17-11-10(19-12(18)15-11)5-8-1-3-9(4-2-8)16-7-13-6-14-16/h1-7H,(H,15,17,18). The summed E-state index contributed by atoms with van der Waals surface area (Å²) in [5.41, 5.74) is 1.72. The first-order valence-electron chi connectivity index (χ1n) is 5.42. The van der Waals surface area contributed by atoms with E-state index in [2.05, 4.69) is 15.4 Å². The molecule has 3 rings (SSSR count). The lowest BCUT2D eigenvalue weighted by molar-refractivity contribution is -0.115. The molecular formula is C12H8N4O2S. The van der Waals surface area contributed by atoms with Crippen molar-refractivity contribution in [1.29, 1.82) is 0 Å². The Morgan fingerprint density at radius 1 is 1.21 bits per heavy atom. The molecule has 1 saturated heterocycles. The van der Waals surface area contributed by atoms with Gasteiger partial charge in [-0.25, -0.2) is 9.67 Å². The molecule has 1 aromatic carbocycles. The Labute approximate surface area is 112 Å². The lowest BCUT2D eigenvalue weighted by Crippen LogP contribution is -2.17. The second-order valence-electron chi connectivity index (χ2n) is 3.78. The number of imide groups is 1. The molecule has 0 atom stereocenters. The summed E-state index contributed by atoms with van der Waals surface area (Å²) >= 11 is 0.904. The molecule has 0 bridgehead atoms. The van der Waals surface area contributed by atoms with Gasteiger partial charge in [-0.05, 0) is 35.5 Å². The van der Waals surface area contributed by atoms with E-state index in [-0.39, 0.29) is 11.1 Å². The molecule has 1 fully saturated rings. The molecule has 0 radical (unpaired) electrons. The second kappa shape index (κ2) is 4.69. The zero-order valence-corrected chi connectivity index (χ0v) is 10.4. The van der Waals surface area contributed by atoms with E-state index in [9.17, 15) is 9.59 Å². The van der Waals surface area contributed by atoms with Crippen LogP contribution in [0.5, 0.6) is 0 Å². The number of rotatable bonds is 2. The van der Waals surface area contributed by atoms with Crippen LogP contribution in [0.4, 0.5) is 4.79 Å². The normalized spacial score (nSPS) is 16.9. The van der Waals surface area contributed by atoms with Crippen LogP contribution in [-0.4, -0.2) is 25.9 Å². The average Bonchev–Trinajstić information content (AvgIpc) is 3.01. The van der Waals surface area contributed by atoms with Gasteiger partial charge in [0.2, 0.25) is 0 Å². The van der Waals surface area contributed by atoms with E-state index in [0.29, 0.717) is 4.91 Å². The van der Waals surface area contributed by atoms with Crippen molar-refractivity contribution in [3.63, 3.8) is 0 Å². The van der Waals surface area contributed by atoms with Crippen molar-refractivity contribution in [2.75, 3.05) is 0 Å². The maximum absolute atomic E-state index is 11.4. The van der Waals surface area contributed by atoms with E-state index in [1.165, 1.54) is 6.33 Å². The third-order valence-electron chi connectivity index (χ3n) is 2.52. The van der Waals surface area contributed by atoms with E-state index in [0.717, 1.165) is 23.0 Å². The molecule has 19 heavy (non-hydrogen) atoms. The number of aromatic nitrogens is 3. The van der Waals surface area contributed by atoms with Gasteiger partial charge in [0.25, 0.3) is 11.1 Å². The van der Waals surface area contributed by atoms with Gasteiger partial charge in [0, 0.05) is 0 Å². The lowest BCUT2D eigenvalue weighted by Gasteiger charge is -2.00. The van der Waals surface area contributed by atoms with Crippen LogP contribution in [0.25, 0.3) is 11.8 Å². The third-order valence-corrected chi connectivity index (χ3v) is 3.33. The summed E-state index contributed by atoms with van der Waals surface area (Å²) in [6, 6.07) is 7.42. The topological polar surface area (TPSA) is 76.9 Å². The lowest BCUT2D eigenvalue weighted by atomic mass is 10.2. The Balaban J connectivity index is 1.86. The Hall–Kier alpha value is -2.41. The smallest absolute Gasteiger partial charge is 0.282 e. The predicted molar refractivity (Wildman–Crippen MR) is 70.5 cm³/mol. The Kier molecular flexibility index (Phi) is 2.88. The van der Waals surface area contributed by atoms with Crippen molar-refractivity contribution in [1.82, 2.24) is 20.1 Å². The molecule has 0 spiro atoms. The van der Waals surface area contributed by atoms with E-state index in [4.69, 9.17) is 0 Å². The first-order valence-corrected chi connectivity index (χ1v) is 6.24.